The van der Waals surface area contributed by atoms with Crippen molar-refractivity contribution in [2.45, 2.75) is 44.6 Å². The number of aliphatic hydroxyl groups is 1. The van der Waals surface area contributed by atoms with E-state index in [9.17, 15) is 5.11 Å². The fraction of sp³-hybridized carbons (Fsp3) is 0.800. The van der Waals surface area contributed by atoms with Gasteiger partial charge in [-0.05, 0) is 18.8 Å². The van der Waals surface area contributed by atoms with Crippen LogP contribution in [0.15, 0.2) is 12.7 Å². The molecule has 0 saturated heterocycles. The Balaban J connectivity index is 2.12. The number of rotatable bonds is 4. The van der Waals surface area contributed by atoms with Crippen molar-refractivity contribution >= 4 is 0 Å². The quantitative estimate of drug-likeness (QED) is 0.617. The monoisotopic (exact) mass is 154 g/mol. The number of aliphatic hydroxyl groups excluding tert-OH is 1. The third kappa shape index (κ3) is 3.06. The Morgan fingerprint density at radius 2 is 2.09 bits per heavy atom. The van der Waals surface area contributed by atoms with Crippen molar-refractivity contribution in [1.82, 2.24) is 0 Å². The van der Waals surface area contributed by atoms with Gasteiger partial charge in [0.25, 0.3) is 0 Å². The molecule has 0 aromatic rings. The summed E-state index contributed by atoms with van der Waals surface area (Å²) in [6, 6.07) is 0. The van der Waals surface area contributed by atoms with Crippen LogP contribution in [0.2, 0.25) is 0 Å². The lowest BCUT2D eigenvalue weighted by Gasteiger charge is -2.12. The molecular formula is C10H18O. The molecule has 0 spiro atoms. The molecular weight excluding hydrogens is 136 g/mol. The summed E-state index contributed by atoms with van der Waals surface area (Å²) < 4.78 is 0. The molecule has 0 radical (unpaired) electrons. The second kappa shape index (κ2) is 4.55. The lowest BCUT2D eigenvalue weighted by atomic mass is 9.98. The Kier molecular flexibility index (Phi) is 3.64. The van der Waals surface area contributed by atoms with Crippen LogP contribution in [0.4, 0.5) is 0 Å². The Labute approximate surface area is 69.1 Å². The summed E-state index contributed by atoms with van der Waals surface area (Å²) in [5.74, 6) is 0.796. The van der Waals surface area contributed by atoms with Gasteiger partial charge in [-0.15, -0.1) is 6.58 Å². The molecule has 64 valence electrons. The molecule has 1 aliphatic rings. The summed E-state index contributed by atoms with van der Waals surface area (Å²) in [5, 5.41) is 9.44. The molecule has 1 heteroatoms. The van der Waals surface area contributed by atoms with Crippen LogP contribution in [-0.4, -0.2) is 11.2 Å². The Morgan fingerprint density at radius 3 is 2.64 bits per heavy atom. The standard InChI is InChI=1S/C10H18O/c1-2-5-10(11)8-9-6-3-4-7-9/h2,9-11H,1,3-8H2. The van der Waals surface area contributed by atoms with E-state index in [1.807, 2.05) is 0 Å². The lowest BCUT2D eigenvalue weighted by Crippen LogP contribution is -2.10. The summed E-state index contributed by atoms with van der Waals surface area (Å²) in [7, 11) is 0. The summed E-state index contributed by atoms with van der Waals surface area (Å²) in [4.78, 5) is 0. The average molecular weight is 154 g/mol. The van der Waals surface area contributed by atoms with Gasteiger partial charge >= 0.3 is 0 Å². The van der Waals surface area contributed by atoms with Gasteiger partial charge in [0.05, 0.1) is 6.10 Å². The minimum absolute atomic E-state index is 0.129. The van der Waals surface area contributed by atoms with Gasteiger partial charge in [-0.3, -0.25) is 0 Å². The van der Waals surface area contributed by atoms with Crippen LogP contribution in [-0.2, 0) is 0 Å². The van der Waals surface area contributed by atoms with Crippen molar-refractivity contribution in [3.63, 3.8) is 0 Å². The van der Waals surface area contributed by atoms with Gasteiger partial charge in [0.15, 0.2) is 0 Å². The van der Waals surface area contributed by atoms with Gasteiger partial charge in [-0.2, -0.15) is 0 Å². The SMILES string of the molecule is C=CCC(O)CC1CCCC1. The second-order valence-corrected chi connectivity index (χ2v) is 3.56. The van der Waals surface area contributed by atoms with Crippen LogP contribution in [0, 0.1) is 5.92 Å². The summed E-state index contributed by atoms with van der Waals surface area (Å²) in [5.41, 5.74) is 0. The fourth-order valence-corrected chi connectivity index (χ4v) is 1.92. The second-order valence-electron chi connectivity index (χ2n) is 3.56. The number of hydrogen-bond donors (Lipinski definition) is 1. The Hall–Kier alpha value is -0.300. The topological polar surface area (TPSA) is 20.2 Å². The normalized spacial score (nSPS) is 21.9. The van der Waals surface area contributed by atoms with Crippen LogP contribution in [0.5, 0.6) is 0 Å². The smallest absolute Gasteiger partial charge is 0.0577 e. The zero-order chi connectivity index (χ0) is 8.10. The highest BCUT2D eigenvalue weighted by Gasteiger charge is 2.17. The molecule has 1 atom stereocenters. The van der Waals surface area contributed by atoms with Crippen molar-refractivity contribution in [3.8, 4) is 0 Å². The molecule has 0 aromatic carbocycles. The van der Waals surface area contributed by atoms with E-state index < -0.39 is 0 Å². The average Bonchev–Trinajstić information content (AvgIpc) is 2.40. The highest BCUT2D eigenvalue weighted by Crippen LogP contribution is 2.28. The van der Waals surface area contributed by atoms with Gasteiger partial charge in [0.2, 0.25) is 0 Å². The molecule has 0 aromatic heterocycles. The maximum Gasteiger partial charge on any atom is 0.0577 e. The molecule has 1 fully saturated rings. The molecule has 1 rings (SSSR count). The molecule has 0 aliphatic heterocycles. The van der Waals surface area contributed by atoms with E-state index >= 15 is 0 Å². The zero-order valence-electron chi connectivity index (χ0n) is 7.13. The lowest BCUT2D eigenvalue weighted by molar-refractivity contribution is 0.146. The van der Waals surface area contributed by atoms with E-state index in [0.29, 0.717) is 0 Å². The van der Waals surface area contributed by atoms with Crippen LogP contribution in [0.3, 0.4) is 0 Å². The van der Waals surface area contributed by atoms with Crippen molar-refractivity contribution in [3.05, 3.63) is 12.7 Å². The third-order valence-electron chi connectivity index (χ3n) is 2.52. The molecule has 1 saturated carbocycles. The van der Waals surface area contributed by atoms with Crippen molar-refractivity contribution in [2.24, 2.45) is 5.92 Å². The highest BCUT2D eigenvalue weighted by molar-refractivity contribution is 4.76. The minimum atomic E-state index is -0.129. The Bertz CT molecular complexity index is 114. The molecule has 1 aliphatic carbocycles. The van der Waals surface area contributed by atoms with E-state index in [1.54, 1.807) is 6.08 Å². The summed E-state index contributed by atoms with van der Waals surface area (Å²) >= 11 is 0. The van der Waals surface area contributed by atoms with Crippen LogP contribution >= 0.6 is 0 Å². The first-order valence-corrected chi connectivity index (χ1v) is 4.62. The highest BCUT2D eigenvalue weighted by atomic mass is 16.3. The maximum atomic E-state index is 9.44. The van der Waals surface area contributed by atoms with E-state index in [2.05, 4.69) is 6.58 Å². The van der Waals surface area contributed by atoms with Crippen molar-refractivity contribution in [1.29, 1.82) is 0 Å². The first kappa shape index (κ1) is 8.79. The predicted octanol–water partition coefficient (Wildman–Crippen LogP) is 2.50. The largest absolute Gasteiger partial charge is 0.393 e. The van der Waals surface area contributed by atoms with Crippen molar-refractivity contribution in [2.75, 3.05) is 0 Å². The minimum Gasteiger partial charge on any atom is -0.393 e. The predicted molar refractivity (Wildman–Crippen MR) is 47.4 cm³/mol. The van der Waals surface area contributed by atoms with Gasteiger partial charge < -0.3 is 5.11 Å². The molecule has 0 bridgehead atoms. The van der Waals surface area contributed by atoms with Crippen LogP contribution in [0.1, 0.15) is 38.5 Å². The fourth-order valence-electron chi connectivity index (χ4n) is 1.92. The van der Waals surface area contributed by atoms with E-state index in [-0.39, 0.29) is 6.10 Å². The molecule has 1 nitrogen and oxygen atoms in total. The van der Waals surface area contributed by atoms with Crippen LogP contribution < -0.4 is 0 Å². The van der Waals surface area contributed by atoms with Crippen LogP contribution in [0.25, 0.3) is 0 Å². The summed E-state index contributed by atoms with van der Waals surface area (Å²) in [6.07, 6.45) is 8.82. The molecule has 0 amide bonds. The first-order valence-electron chi connectivity index (χ1n) is 4.62. The van der Waals surface area contributed by atoms with E-state index in [4.69, 9.17) is 0 Å². The van der Waals surface area contributed by atoms with Crippen molar-refractivity contribution < 1.29 is 5.11 Å². The van der Waals surface area contributed by atoms with Gasteiger partial charge in [0, 0.05) is 0 Å². The molecule has 1 N–H and O–H groups in total. The summed E-state index contributed by atoms with van der Waals surface area (Å²) in [6.45, 7) is 3.62. The molecule has 1 unspecified atom stereocenters. The Morgan fingerprint density at radius 1 is 1.45 bits per heavy atom. The number of hydrogen-bond acceptors (Lipinski definition) is 1. The van der Waals surface area contributed by atoms with E-state index in [1.165, 1.54) is 25.7 Å². The first-order chi connectivity index (χ1) is 5.33. The van der Waals surface area contributed by atoms with Gasteiger partial charge in [0.1, 0.15) is 0 Å². The molecule has 0 heterocycles. The van der Waals surface area contributed by atoms with E-state index in [0.717, 1.165) is 18.8 Å². The zero-order valence-corrected chi connectivity index (χ0v) is 7.13. The molecule has 11 heavy (non-hydrogen) atoms. The third-order valence-corrected chi connectivity index (χ3v) is 2.52. The van der Waals surface area contributed by atoms with Gasteiger partial charge in [-0.1, -0.05) is 31.8 Å². The maximum absolute atomic E-state index is 9.44. The van der Waals surface area contributed by atoms with Gasteiger partial charge in [-0.25, -0.2) is 0 Å².